The number of hydrogen-bond acceptors (Lipinski definition) is 4. The highest BCUT2D eigenvalue weighted by molar-refractivity contribution is 5.98. The first kappa shape index (κ1) is 25.8. The lowest BCUT2D eigenvalue weighted by Crippen LogP contribution is -2.56. The van der Waals surface area contributed by atoms with Gasteiger partial charge in [-0.3, -0.25) is 9.69 Å². The number of benzene rings is 2. The van der Waals surface area contributed by atoms with E-state index < -0.39 is 41.7 Å². The molecule has 0 bridgehead atoms. The molecule has 8 heteroatoms. The number of carbonyl (C=O) groups is 1. The molecule has 1 unspecified atom stereocenters. The lowest BCUT2D eigenvalue weighted by molar-refractivity contribution is -0.181. The fraction of sp³-hybridized carbons (Fsp3) is 0.519. The highest BCUT2D eigenvalue weighted by Gasteiger charge is 2.54. The number of rotatable bonds is 7. The number of carbonyl (C=O) groups excluding carboxylic acids is 1. The Morgan fingerprint density at radius 1 is 1.11 bits per heavy atom. The van der Waals surface area contributed by atoms with Gasteiger partial charge in [-0.25, -0.2) is 4.39 Å². The van der Waals surface area contributed by atoms with Crippen molar-refractivity contribution in [1.29, 1.82) is 0 Å². The smallest absolute Gasteiger partial charge is 0.383 e. The maximum Gasteiger partial charge on any atom is 0.393 e. The molecule has 35 heavy (non-hydrogen) atoms. The SMILES string of the molecule is COCCN1CC(C(=O)c2ccccc2)[C@H](c2cccc(F)c2C)[C@@H]([C@H]2NCC[C@@H]2C(F)(F)F)C1. The second-order valence-corrected chi connectivity index (χ2v) is 9.65. The fourth-order valence-corrected chi connectivity index (χ4v) is 5.96. The summed E-state index contributed by atoms with van der Waals surface area (Å²) in [6, 6.07) is 12.7. The number of ether oxygens (including phenoxy) is 1. The standard InChI is InChI=1S/C27H32F4N2O2/c1-17-19(9-6-10-23(17)28)24-20(25-22(11-12-32-25)27(29,30)31)15-33(13-14-35-2)16-21(24)26(34)18-7-4-3-5-8-18/h3-10,20-22,24-25,32H,11-16H2,1-2H3/t20-,21?,22-,24+,25+/m0/s1. The molecule has 0 aromatic heterocycles. The average Bonchev–Trinajstić information content (AvgIpc) is 3.35. The van der Waals surface area contributed by atoms with Crippen LogP contribution in [0.25, 0.3) is 0 Å². The first-order valence-corrected chi connectivity index (χ1v) is 12.1. The molecular formula is C27H32F4N2O2. The molecule has 2 heterocycles. The van der Waals surface area contributed by atoms with E-state index in [9.17, 15) is 22.4 Å². The molecule has 2 saturated heterocycles. The first-order chi connectivity index (χ1) is 16.7. The van der Waals surface area contributed by atoms with E-state index >= 15 is 0 Å². The van der Waals surface area contributed by atoms with E-state index in [1.165, 1.54) is 6.07 Å². The molecule has 2 aliphatic heterocycles. The largest absolute Gasteiger partial charge is 0.393 e. The van der Waals surface area contributed by atoms with E-state index in [4.69, 9.17) is 4.74 Å². The lowest BCUT2D eigenvalue weighted by Gasteiger charge is -2.47. The van der Waals surface area contributed by atoms with Gasteiger partial charge in [0.15, 0.2) is 5.78 Å². The van der Waals surface area contributed by atoms with Crippen LogP contribution >= 0.6 is 0 Å². The van der Waals surface area contributed by atoms with E-state index in [1.54, 1.807) is 50.4 Å². The summed E-state index contributed by atoms with van der Waals surface area (Å²) < 4.78 is 62.1. The summed E-state index contributed by atoms with van der Waals surface area (Å²) in [5.41, 5.74) is 1.52. The Balaban J connectivity index is 1.83. The molecule has 2 fully saturated rings. The van der Waals surface area contributed by atoms with Gasteiger partial charge in [-0.15, -0.1) is 0 Å². The number of piperidine rings is 1. The van der Waals surface area contributed by atoms with Crippen molar-refractivity contribution in [2.75, 3.05) is 39.9 Å². The minimum absolute atomic E-state index is 0.00507. The number of hydrogen-bond donors (Lipinski definition) is 1. The second-order valence-electron chi connectivity index (χ2n) is 9.65. The molecule has 2 aromatic carbocycles. The van der Waals surface area contributed by atoms with Crippen molar-refractivity contribution in [3.05, 3.63) is 71.0 Å². The van der Waals surface area contributed by atoms with Crippen LogP contribution in [0.2, 0.25) is 0 Å². The van der Waals surface area contributed by atoms with E-state index in [-0.39, 0.29) is 18.7 Å². The van der Waals surface area contributed by atoms with Gasteiger partial charge in [0, 0.05) is 50.2 Å². The van der Waals surface area contributed by atoms with Crippen molar-refractivity contribution in [3.63, 3.8) is 0 Å². The third-order valence-electron chi connectivity index (χ3n) is 7.64. The van der Waals surface area contributed by atoms with Crippen molar-refractivity contribution in [2.45, 2.75) is 31.5 Å². The summed E-state index contributed by atoms with van der Waals surface area (Å²) in [5.74, 6) is -3.78. The summed E-state index contributed by atoms with van der Waals surface area (Å²) in [5, 5.41) is 3.11. The Hall–Kier alpha value is -2.29. The van der Waals surface area contributed by atoms with E-state index in [0.717, 1.165) is 0 Å². The predicted molar refractivity (Wildman–Crippen MR) is 126 cm³/mol. The van der Waals surface area contributed by atoms with Gasteiger partial charge in [0.25, 0.3) is 0 Å². The van der Waals surface area contributed by atoms with Crippen LogP contribution in [0.5, 0.6) is 0 Å². The normalized spacial score (nSPS) is 27.8. The van der Waals surface area contributed by atoms with E-state index in [2.05, 4.69) is 5.32 Å². The molecule has 0 saturated carbocycles. The molecule has 2 aliphatic rings. The number of nitrogens with zero attached hydrogens (tertiary/aromatic N) is 1. The Morgan fingerprint density at radius 2 is 1.86 bits per heavy atom. The Morgan fingerprint density at radius 3 is 2.54 bits per heavy atom. The molecule has 1 N–H and O–H groups in total. The van der Waals surface area contributed by atoms with Gasteiger partial charge in [0.05, 0.1) is 12.5 Å². The third kappa shape index (κ3) is 5.44. The highest BCUT2D eigenvalue weighted by atomic mass is 19.4. The van der Waals surface area contributed by atoms with Gasteiger partial charge < -0.3 is 10.1 Å². The van der Waals surface area contributed by atoms with Gasteiger partial charge in [-0.2, -0.15) is 13.2 Å². The van der Waals surface area contributed by atoms with Crippen LogP contribution in [0.3, 0.4) is 0 Å². The molecular weight excluding hydrogens is 460 g/mol. The van der Waals surface area contributed by atoms with E-state index in [0.29, 0.717) is 42.9 Å². The summed E-state index contributed by atoms with van der Waals surface area (Å²) in [6.07, 6.45) is -4.36. The van der Waals surface area contributed by atoms with Crippen molar-refractivity contribution in [1.82, 2.24) is 10.2 Å². The summed E-state index contributed by atoms with van der Waals surface area (Å²) in [4.78, 5) is 15.9. The van der Waals surface area contributed by atoms with Crippen LogP contribution in [-0.4, -0.2) is 62.8 Å². The van der Waals surface area contributed by atoms with Gasteiger partial charge in [-0.1, -0.05) is 42.5 Å². The average molecular weight is 493 g/mol. The first-order valence-electron chi connectivity index (χ1n) is 12.1. The molecule has 190 valence electrons. The third-order valence-corrected chi connectivity index (χ3v) is 7.64. The zero-order chi connectivity index (χ0) is 25.2. The van der Waals surface area contributed by atoms with Crippen LogP contribution in [0.4, 0.5) is 17.6 Å². The molecule has 0 aliphatic carbocycles. The molecule has 0 radical (unpaired) electrons. The number of methoxy groups -OCH3 is 1. The maximum absolute atomic E-state index is 14.7. The van der Waals surface area contributed by atoms with E-state index in [1.807, 2.05) is 11.0 Å². The zero-order valence-corrected chi connectivity index (χ0v) is 20.0. The number of nitrogens with one attached hydrogen (secondary N) is 1. The zero-order valence-electron chi connectivity index (χ0n) is 20.0. The number of ketones is 1. The fourth-order valence-electron chi connectivity index (χ4n) is 5.96. The topological polar surface area (TPSA) is 41.6 Å². The van der Waals surface area contributed by atoms with Gasteiger partial charge >= 0.3 is 6.18 Å². The van der Waals surface area contributed by atoms with Crippen molar-refractivity contribution < 1.29 is 27.1 Å². The van der Waals surface area contributed by atoms with Crippen LogP contribution in [-0.2, 0) is 4.74 Å². The van der Waals surface area contributed by atoms with Gasteiger partial charge in [0.1, 0.15) is 5.82 Å². The predicted octanol–water partition coefficient (Wildman–Crippen LogP) is 4.84. The summed E-state index contributed by atoms with van der Waals surface area (Å²) >= 11 is 0. The van der Waals surface area contributed by atoms with Crippen LogP contribution < -0.4 is 5.32 Å². The van der Waals surface area contributed by atoms with Gasteiger partial charge in [0.2, 0.25) is 0 Å². The summed E-state index contributed by atoms with van der Waals surface area (Å²) in [6.45, 7) is 3.56. The highest BCUT2D eigenvalue weighted by Crippen LogP contribution is 2.47. The van der Waals surface area contributed by atoms with Crippen LogP contribution in [0, 0.1) is 30.5 Å². The Kier molecular flexibility index (Phi) is 7.93. The molecule has 2 aromatic rings. The molecule has 5 atom stereocenters. The molecule has 4 rings (SSSR count). The lowest BCUT2D eigenvalue weighted by atomic mass is 9.66. The monoisotopic (exact) mass is 492 g/mol. The second kappa shape index (κ2) is 10.8. The number of Topliss-reactive ketones (excluding diaryl/α,β-unsaturated/α-hetero) is 1. The minimum Gasteiger partial charge on any atom is -0.383 e. The maximum atomic E-state index is 14.7. The van der Waals surface area contributed by atoms with Crippen molar-refractivity contribution in [2.24, 2.45) is 17.8 Å². The van der Waals surface area contributed by atoms with Gasteiger partial charge in [-0.05, 0) is 43.0 Å². The van der Waals surface area contributed by atoms with Crippen molar-refractivity contribution >= 4 is 5.78 Å². The number of likely N-dealkylation sites (tertiary alicyclic amines) is 1. The summed E-state index contributed by atoms with van der Waals surface area (Å²) in [7, 11) is 1.57. The molecule has 0 spiro atoms. The molecule has 4 nitrogen and oxygen atoms in total. The quantitative estimate of drug-likeness (QED) is 0.444. The van der Waals surface area contributed by atoms with Crippen LogP contribution in [0.15, 0.2) is 48.5 Å². The number of halogens is 4. The van der Waals surface area contributed by atoms with Crippen molar-refractivity contribution in [3.8, 4) is 0 Å². The molecule has 0 amide bonds. The Bertz CT molecular complexity index is 1010. The minimum atomic E-state index is -4.36. The number of alkyl halides is 3. The van der Waals surface area contributed by atoms with Crippen LogP contribution in [0.1, 0.15) is 33.8 Å². The Labute approximate surface area is 203 Å².